The minimum absolute atomic E-state index is 0.161. The second-order valence-electron chi connectivity index (χ2n) is 4.91. The van der Waals surface area contributed by atoms with Crippen LogP contribution in [0.2, 0.25) is 0 Å². The van der Waals surface area contributed by atoms with Crippen LogP contribution in [0.1, 0.15) is 44.9 Å². The van der Waals surface area contributed by atoms with E-state index in [-0.39, 0.29) is 5.92 Å². The largest absolute Gasteiger partial charge is 0.481 e. The first-order valence-corrected chi connectivity index (χ1v) is 6.40. The first-order chi connectivity index (χ1) is 7.75. The van der Waals surface area contributed by atoms with E-state index < -0.39 is 5.97 Å². The zero-order valence-electron chi connectivity index (χ0n) is 9.73. The predicted molar refractivity (Wildman–Crippen MR) is 59.9 cm³/mol. The minimum Gasteiger partial charge on any atom is -0.481 e. The molecule has 0 aromatic heterocycles. The summed E-state index contributed by atoms with van der Waals surface area (Å²) in [5, 5.41) is 10.9. The van der Waals surface area contributed by atoms with Crippen LogP contribution in [0.3, 0.4) is 0 Å². The number of rotatable bonds is 3. The molecule has 1 aliphatic heterocycles. The van der Waals surface area contributed by atoms with Gasteiger partial charge in [-0.25, -0.2) is 0 Å². The molecule has 1 saturated heterocycles. The molecular formula is C12H21NO3. The average Bonchev–Trinajstić information content (AvgIpc) is 2.31. The second-order valence-corrected chi connectivity index (χ2v) is 4.91. The molecule has 1 saturated carbocycles. The zero-order chi connectivity index (χ0) is 11.4. The Balaban J connectivity index is 1.70. The molecule has 1 aliphatic carbocycles. The third-order valence-electron chi connectivity index (χ3n) is 3.65. The molecule has 0 spiro atoms. The summed E-state index contributed by atoms with van der Waals surface area (Å²) in [6.45, 7) is 1.54. The number of carboxylic acid groups (broad SMARTS) is 1. The van der Waals surface area contributed by atoms with Crippen molar-refractivity contribution in [3.63, 3.8) is 0 Å². The van der Waals surface area contributed by atoms with Crippen LogP contribution < -0.4 is 0 Å². The van der Waals surface area contributed by atoms with Crippen molar-refractivity contribution < 1.29 is 14.7 Å². The molecule has 0 radical (unpaired) electrons. The fraction of sp³-hybridized carbons (Fsp3) is 0.917. The van der Waals surface area contributed by atoms with Gasteiger partial charge in [-0.05, 0) is 25.7 Å². The van der Waals surface area contributed by atoms with E-state index in [1.54, 1.807) is 0 Å². The van der Waals surface area contributed by atoms with Crippen molar-refractivity contribution in [1.29, 1.82) is 0 Å². The van der Waals surface area contributed by atoms with Crippen LogP contribution in [0, 0.1) is 5.92 Å². The maximum absolute atomic E-state index is 10.8. The van der Waals surface area contributed by atoms with Gasteiger partial charge in [-0.15, -0.1) is 0 Å². The number of hydroxylamine groups is 2. The number of aliphatic carboxylic acids is 1. The van der Waals surface area contributed by atoms with E-state index in [4.69, 9.17) is 9.94 Å². The Morgan fingerprint density at radius 1 is 1.06 bits per heavy atom. The molecule has 92 valence electrons. The molecule has 0 bridgehead atoms. The Bertz CT molecular complexity index is 230. The third kappa shape index (κ3) is 3.19. The molecular weight excluding hydrogens is 206 g/mol. The smallest absolute Gasteiger partial charge is 0.306 e. The molecule has 2 fully saturated rings. The number of carbonyl (C=O) groups is 1. The second kappa shape index (κ2) is 5.64. The van der Waals surface area contributed by atoms with Crippen LogP contribution in [-0.2, 0) is 9.63 Å². The monoisotopic (exact) mass is 227 g/mol. The first-order valence-electron chi connectivity index (χ1n) is 6.40. The molecule has 4 nitrogen and oxygen atoms in total. The van der Waals surface area contributed by atoms with Crippen molar-refractivity contribution in [1.82, 2.24) is 5.06 Å². The van der Waals surface area contributed by atoms with Crippen LogP contribution in [0.4, 0.5) is 0 Å². The van der Waals surface area contributed by atoms with Gasteiger partial charge in [0.25, 0.3) is 0 Å². The highest BCUT2D eigenvalue weighted by atomic mass is 16.7. The maximum atomic E-state index is 10.8. The normalized spacial score (nSPS) is 25.8. The Labute approximate surface area is 96.5 Å². The van der Waals surface area contributed by atoms with Crippen LogP contribution in [-0.4, -0.2) is 35.3 Å². The van der Waals surface area contributed by atoms with Gasteiger partial charge in [0.15, 0.2) is 0 Å². The Morgan fingerprint density at radius 2 is 1.69 bits per heavy atom. The molecule has 1 N–H and O–H groups in total. The van der Waals surface area contributed by atoms with Crippen molar-refractivity contribution >= 4 is 5.97 Å². The van der Waals surface area contributed by atoms with Crippen molar-refractivity contribution in [2.45, 2.75) is 51.0 Å². The van der Waals surface area contributed by atoms with Crippen molar-refractivity contribution in [3.05, 3.63) is 0 Å². The SMILES string of the molecule is O=C(O)C1CCN(OC2CCCCC2)CC1. The van der Waals surface area contributed by atoms with Crippen molar-refractivity contribution in [2.75, 3.05) is 13.1 Å². The Hall–Kier alpha value is -0.610. The lowest BCUT2D eigenvalue weighted by Gasteiger charge is -2.33. The van der Waals surface area contributed by atoms with E-state index >= 15 is 0 Å². The summed E-state index contributed by atoms with van der Waals surface area (Å²) in [7, 11) is 0. The lowest BCUT2D eigenvalue weighted by Crippen LogP contribution is -2.39. The molecule has 16 heavy (non-hydrogen) atoms. The van der Waals surface area contributed by atoms with Gasteiger partial charge in [-0.1, -0.05) is 19.3 Å². The van der Waals surface area contributed by atoms with Gasteiger partial charge in [0.1, 0.15) is 0 Å². The lowest BCUT2D eigenvalue weighted by molar-refractivity contribution is -0.217. The topological polar surface area (TPSA) is 49.8 Å². The van der Waals surface area contributed by atoms with E-state index in [9.17, 15) is 4.79 Å². The molecule has 2 aliphatic rings. The average molecular weight is 227 g/mol. The van der Waals surface area contributed by atoms with Crippen LogP contribution in [0.25, 0.3) is 0 Å². The fourth-order valence-electron chi connectivity index (χ4n) is 2.59. The molecule has 1 heterocycles. The molecule has 0 unspecified atom stereocenters. The van der Waals surface area contributed by atoms with Gasteiger partial charge >= 0.3 is 5.97 Å². The summed E-state index contributed by atoms with van der Waals surface area (Å²) < 4.78 is 0. The molecule has 0 aromatic rings. The molecule has 0 aromatic carbocycles. The number of nitrogens with zero attached hydrogens (tertiary/aromatic N) is 1. The van der Waals surface area contributed by atoms with Crippen molar-refractivity contribution in [3.8, 4) is 0 Å². The van der Waals surface area contributed by atoms with Crippen LogP contribution >= 0.6 is 0 Å². The Kier molecular flexibility index (Phi) is 4.18. The molecule has 2 rings (SSSR count). The van der Waals surface area contributed by atoms with Gasteiger partial charge in [0.2, 0.25) is 0 Å². The lowest BCUT2D eigenvalue weighted by atomic mass is 9.97. The predicted octanol–water partition coefficient (Wildman–Crippen LogP) is 2.05. The number of piperidine rings is 1. The van der Waals surface area contributed by atoms with E-state index in [0.29, 0.717) is 6.10 Å². The first kappa shape index (κ1) is 11.9. The van der Waals surface area contributed by atoms with Crippen molar-refractivity contribution in [2.24, 2.45) is 5.92 Å². The van der Waals surface area contributed by atoms with Gasteiger partial charge in [-0.3, -0.25) is 9.63 Å². The summed E-state index contributed by atoms with van der Waals surface area (Å²) in [5.74, 6) is -0.816. The van der Waals surface area contributed by atoms with Gasteiger partial charge in [0.05, 0.1) is 12.0 Å². The Morgan fingerprint density at radius 3 is 2.25 bits per heavy atom. The molecule has 0 atom stereocenters. The summed E-state index contributed by atoms with van der Waals surface area (Å²) in [6, 6.07) is 0. The van der Waals surface area contributed by atoms with Crippen LogP contribution in [0.5, 0.6) is 0 Å². The third-order valence-corrected chi connectivity index (χ3v) is 3.65. The van der Waals surface area contributed by atoms with E-state index in [1.165, 1.54) is 32.1 Å². The molecule has 4 heteroatoms. The number of hydrogen-bond acceptors (Lipinski definition) is 3. The number of hydrogen-bond donors (Lipinski definition) is 1. The minimum atomic E-state index is -0.655. The summed E-state index contributed by atoms with van der Waals surface area (Å²) >= 11 is 0. The highest BCUT2D eigenvalue weighted by molar-refractivity contribution is 5.70. The highest BCUT2D eigenvalue weighted by Gasteiger charge is 2.26. The van der Waals surface area contributed by atoms with E-state index in [2.05, 4.69) is 0 Å². The van der Waals surface area contributed by atoms with E-state index in [1.807, 2.05) is 5.06 Å². The van der Waals surface area contributed by atoms with Gasteiger partial charge in [-0.2, -0.15) is 5.06 Å². The summed E-state index contributed by atoms with van der Waals surface area (Å²) in [4.78, 5) is 16.7. The molecule has 0 amide bonds. The van der Waals surface area contributed by atoms with E-state index in [0.717, 1.165) is 25.9 Å². The van der Waals surface area contributed by atoms with Crippen LogP contribution in [0.15, 0.2) is 0 Å². The number of carboxylic acids is 1. The van der Waals surface area contributed by atoms with Gasteiger partial charge in [0, 0.05) is 13.1 Å². The zero-order valence-corrected chi connectivity index (χ0v) is 9.73. The van der Waals surface area contributed by atoms with Gasteiger partial charge < -0.3 is 5.11 Å². The summed E-state index contributed by atoms with van der Waals surface area (Å²) in [6.07, 6.45) is 8.05. The standard InChI is InChI=1S/C12H21NO3/c14-12(15)10-6-8-13(9-7-10)16-11-4-2-1-3-5-11/h10-11H,1-9H2,(H,14,15). The quantitative estimate of drug-likeness (QED) is 0.801. The highest BCUT2D eigenvalue weighted by Crippen LogP contribution is 2.24. The summed E-state index contributed by atoms with van der Waals surface area (Å²) in [5.41, 5.74) is 0. The maximum Gasteiger partial charge on any atom is 0.306 e. The fourth-order valence-corrected chi connectivity index (χ4v) is 2.59.